The van der Waals surface area contributed by atoms with Crippen molar-refractivity contribution < 1.29 is 14.7 Å². The molecule has 1 atom stereocenters. The summed E-state index contributed by atoms with van der Waals surface area (Å²) in [7, 11) is 0. The number of carbonyl (C=O) groups is 2. The molecular weight excluding hydrogens is 242 g/mol. The fourth-order valence-electron chi connectivity index (χ4n) is 2.29. The number of hydrogen-bond donors (Lipinski definition) is 2. The van der Waals surface area contributed by atoms with Crippen LogP contribution in [0.15, 0.2) is 24.3 Å². The Bertz CT molecular complexity index is 480. The topological polar surface area (TPSA) is 66.4 Å². The van der Waals surface area contributed by atoms with Crippen molar-refractivity contribution in [3.8, 4) is 0 Å². The molecule has 0 heterocycles. The number of carbonyl (C=O) groups excluding carboxylic acids is 1. The van der Waals surface area contributed by atoms with Crippen molar-refractivity contribution in [1.82, 2.24) is 0 Å². The van der Waals surface area contributed by atoms with Crippen LogP contribution in [0.3, 0.4) is 0 Å². The Kier molecular flexibility index (Phi) is 4.20. The average molecular weight is 261 g/mol. The van der Waals surface area contributed by atoms with Crippen LogP contribution < -0.4 is 5.32 Å². The van der Waals surface area contributed by atoms with Gasteiger partial charge in [0.1, 0.15) is 0 Å². The third-order valence-electron chi connectivity index (χ3n) is 3.62. The number of para-hydroxylation sites is 1. The summed E-state index contributed by atoms with van der Waals surface area (Å²) in [6, 6.07) is 7.78. The number of carboxylic acids is 1. The van der Waals surface area contributed by atoms with Crippen LogP contribution >= 0.6 is 0 Å². The molecule has 1 aliphatic rings. The Hall–Kier alpha value is -1.84. The van der Waals surface area contributed by atoms with Gasteiger partial charge < -0.3 is 10.4 Å². The number of hydrogen-bond acceptors (Lipinski definition) is 2. The van der Waals surface area contributed by atoms with Gasteiger partial charge in [-0.1, -0.05) is 25.1 Å². The van der Waals surface area contributed by atoms with Gasteiger partial charge in [0.2, 0.25) is 5.91 Å². The van der Waals surface area contributed by atoms with E-state index < -0.39 is 5.97 Å². The molecule has 102 valence electrons. The summed E-state index contributed by atoms with van der Waals surface area (Å²) < 4.78 is 0. The second-order valence-electron chi connectivity index (χ2n) is 5.16. The van der Waals surface area contributed by atoms with Gasteiger partial charge >= 0.3 is 5.97 Å². The lowest BCUT2D eigenvalue weighted by molar-refractivity contribution is -0.138. The smallest absolute Gasteiger partial charge is 0.303 e. The van der Waals surface area contributed by atoms with Crippen LogP contribution in [0.25, 0.3) is 0 Å². The molecule has 0 aromatic heterocycles. The van der Waals surface area contributed by atoms with Gasteiger partial charge in [-0.15, -0.1) is 0 Å². The number of aliphatic carboxylic acids is 1. The SMILES string of the molecule is CC(c1ccccc1NC(=O)CCC(=O)O)C1CC1. The highest BCUT2D eigenvalue weighted by Gasteiger charge is 2.30. The summed E-state index contributed by atoms with van der Waals surface area (Å²) in [6.07, 6.45) is 2.39. The molecule has 1 unspecified atom stereocenters. The molecule has 19 heavy (non-hydrogen) atoms. The lowest BCUT2D eigenvalue weighted by Crippen LogP contribution is -2.15. The molecule has 1 aromatic carbocycles. The van der Waals surface area contributed by atoms with E-state index in [1.165, 1.54) is 12.8 Å². The maximum atomic E-state index is 11.7. The lowest BCUT2D eigenvalue weighted by atomic mass is 9.94. The highest BCUT2D eigenvalue weighted by molar-refractivity contribution is 5.93. The predicted octanol–water partition coefficient (Wildman–Crippen LogP) is 3.00. The second kappa shape index (κ2) is 5.87. The highest BCUT2D eigenvalue weighted by atomic mass is 16.4. The Morgan fingerprint density at radius 2 is 2.00 bits per heavy atom. The van der Waals surface area contributed by atoms with Gasteiger partial charge in [0.25, 0.3) is 0 Å². The van der Waals surface area contributed by atoms with Crippen molar-refractivity contribution in [2.45, 2.75) is 38.5 Å². The highest BCUT2D eigenvalue weighted by Crippen LogP contribution is 2.44. The van der Waals surface area contributed by atoms with Gasteiger partial charge in [-0.05, 0) is 36.3 Å². The third kappa shape index (κ3) is 3.81. The molecule has 0 saturated heterocycles. The van der Waals surface area contributed by atoms with Crippen LogP contribution in [0.4, 0.5) is 5.69 Å². The standard InChI is InChI=1S/C15H19NO3/c1-10(11-6-7-11)12-4-2-3-5-13(12)16-14(17)8-9-15(18)19/h2-5,10-11H,6-9H2,1H3,(H,16,17)(H,18,19). The molecule has 0 bridgehead atoms. The van der Waals surface area contributed by atoms with E-state index in [1.807, 2.05) is 24.3 Å². The van der Waals surface area contributed by atoms with Crippen molar-refractivity contribution in [2.75, 3.05) is 5.32 Å². The quantitative estimate of drug-likeness (QED) is 0.827. The molecule has 0 aliphatic heterocycles. The monoisotopic (exact) mass is 261 g/mol. The minimum Gasteiger partial charge on any atom is -0.481 e. The molecule has 1 saturated carbocycles. The number of amides is 1. The average Bonchev–Trinajstić information content (AvgIpc) is 3.20. The molecule has 4 nitrogen and oxygen atoms in total. The number of benzene rings is 1. The third-order valence-corrected chi connectivity index (χ3v) is 3.62. The first-order chi connectivity index (χ1) is 9.08. The zero-order chi connectivity index (χ0) is 13.8. The predicted molar refractivity (Wildman–Crippen MR) is 73.1 cm³/mol. The summed E-state index contributed by atoms with van der Waals surface area (Å²) in [6.45, 7) is 2.18. The molecule has 1 amide bonds. The zero-order valence-corrected chi connectivity index (χ0v) is 11.1. The van der Waals surface area contributed by atoms with E-state index in [0.717, 1.165) is 17.2 Å². The molecule has 2 rings (SSSR count). The summed E-state index contributed by atoms with van der Waals surface area (Å²) in [5, 5.41) is 11.4. The van der Waals surface area contributed by atoms with Crippen LogP contribution in [0.2, 0.25) is 0 Å². The molecule has 0 spiro atoms. The van der Waals surface area contributed by atoms with Crippen LogP contribution in [0.5, 0.6) is 0 Å². The first-order valence-corrected chi connectivity index (χ1v) is 6.68. The molecule has 1 aromatic rings. The van der Waals surface area contributed by atoms with Crippen molar-refractivity contribution >= 4 is 17.6 Å². The summed E-state index contributed by atoms with van der Waals surface area (Å²) in [4.78, 5) is 22.2. The van der Waals surface area contributed by atoms with Gasteiger partial charge in [-0.2, -0.15) is 0 Å². The number of rotatable bonds is 6. The van der Waals surface area contributed by atoms with E-state index in [2.05, 4.69) is 12.2 Å². The summed E-state index contributed by atoms with van der Waals surface area (Å²) in [5.41, 5.74) is 1.96. The maximum Gasteiger partial charge on any atom is 0.303 e. The minimum atomic E-state index is -0.949. The van der Waals surface area contributed by atoms with Crippen LogP contribution in [-0.4, -0.2) is 17.0 Å². The first kappa shape index (κ1) is 13.6. The van der Waals surface area contributed by atoms with Gasteiger partial charge in [0, 0.05) is 12.1 Å². The molecular formula is C15H19NO3. The molecule has 1 fully saturated rings. The number of nitrogens with one attached hydrogen (secondary N) is 1. The largest absolute Gasteiger partial charge is 0.481 e. The molecule has 1 aliphatic carbocycles. The summed E-state index contributed by atoms with van der Waals surface area (Å²) in [5.74, 6) is -0.0272. The minimum absolute atomic E-state index is 0.0154. The molecule has 2 N–H and O–H groups in total. The lowest BCUT2D eigenvalue weighted by Gasteiger charge is -2.16. The van der Waals surface area contributed by atoms with Gasteiger partial charge in [0.05, 0.1) is 6.42 Å². The van der Waals surface area contributed by atoms with Gasteiger partial charge in [0.15, 0.2) is 0 Å². The first-order valence-electron chi connectivity index (χ1n) is 6.68. The fraction of sp³-hybridized carbons (Fsp3) is 0.467. The van der Waals surface area contributed by atoms with Crippen LogP contribution in [-0.2, 0) is 9.59 Å². The Labute approximate surface area is 112 Å². The molecule has 4 heteroatoms. The van der Waals surface area contributed by atoms with Crippen LogP contribution in [0.1, 0.15) is 44.1 Å². The number of anilines is 1. The number of carboxylic acid groups (broad SMARTS) is 1. The summed E-state index contributed by atoms with van der Waals surface area (Å²) >= 11 is 0. The Morgan fingerprint density at radius 3 is 2.63 bits per heavy atom. The van der Waals surface area contributed by atoms with Crippen LogP contribution in [0, 0.1) is 5.92 Å². The van der Waals surface area contributed by atoms with E-state index in [9.17, 15) is 9.59 Å². The fourth-order valence-corrected chi connectivity index (χ4v) is 2.29. The van der Waals surface area contributed by atoms with E-state index >= 15 is 0 Å². The van der Waals surface area contributed by atoms with Crippen molar-refractivity contribution in [1.29, 1.82) is 0 Å². The van der Waals surface area contributed by atoms with E-state index in [4.69, 9.17) is 5.11 Å². The normalized spacial score (nSPS) is 15.8. The van der Waals surface area contributed by atoms with E-state index in [-0.39, 0.29) is 18.7 Å². The Morgan fingerprint density at radius 1 is 1.32 bits per heavy atom. The van der Waals surface area contributed by atoms with Crippen molar-refractivity contribution in [2.24, 2.45) is 5.92 Å². The maximum absolute atomic E-state index is 11.7. The van der Waals surface area contributed by atoms with Crippen molar-refractivity contribution in [3.05, 3.63) is 29.8 Å². The van der Waals surface area contributed by atoms with E-state index in [1.54, 1.807) is 0 Å². The zero-order valence-electron chi connectivity index (χ0n) is 11.1. The van der Waals surface area contributed by atoms with Gasteiger partial charge in [-0.3, -0.25) is 9.59 Å². The molecule has 0 radical (unpaired) electrons. The second-order valence-corrected chi connectivity index (χ2v) is 5.16. The van der Waals surface area contributed by atoms with Gasteiger partial charge in [-0.25, -0.2) is 0 Å². The Balaban J connectivity index is 2.02. The van der Waals surface area contributed by atoms with E-state index in [0.29, 0.717) is 5.92 Å². The van der Waals surface area contributed by atoms with Crippen molar-refractivity contribution in [3.63, 3.8) is 0 Å².